The summed E-state index contributed by atoms with van der Waals surface area (Å²) in [6, 6.07) is 2.05. The van der Waals surface area contributed by atoms with Gasteiger partial charge < -0.3 is 9.88 Å². The van der Waals surface area contributed by atoms with Crippen LogP contribution < -0.4 is 4.90 Å². The molecule has 0 aliphatic carbocycles. The summed E-state index contributed by atoms with van der Waals surface area (Å²) in [6.45, 7) is 6.93. The molecular formula is C16H21N7. The van der Waals surface area contributed by atoms with Crippen LogP contribution in [0, 0.1) is 19.8 Å². The van der Waals surface area contributed by atoms with Crippen molar-refractivity contribution in [2.45, 2.75) is 33.2 Å². The van der Waals surface area contributed by atoms with Crippen molar-refractivity contribution >= 4 is 16.9 Å². The zero-order chi connectivity index (χ0) is 15.8. The van der Waals surface area contributed by atoms with Crippen molar-refractivity contribution in [3.8, 4) is 0 Å². The number of H-pyrrole nitrogens is 1. The van der Waals surface area contributed by atoms with E-state index in [4.69, 9.17) is 0 Å². The number of aromatic amines is 1. The van der Waals surface area contributed by atoms with Crippen LogP contribution in [0.1, 0.15) is 24.5 Å². The maximum absolute atomic E-state index is 4.53. The molecule has 0 aromatic carbocycles. The van der Waals surface area contributed by atoms with Gasteiger partial charge in [-0.1, -0.05) is 0 Å². The predicted molar refractivity (Wildman–Crippen MR) is 88.3 cm³/mol. The minimum absolute atomic E-state index is 0.563. The Morgan fingerprint density at radius 1 is 1.30 bits per heavy atom. The molecule has 3 aromatic heterocycles. The lowest BCUT2D eigenvalue weighted by molar-refractivity contribution is 0.347. The Bertz CT molecular complexity index is 819. The lowest BCUT2D eigenvalue weighted by atomic mass is 9.98. The van der Waals surface area contributed by atoms with E-state index < -0.39 is 0 Å². The highest BCUT2D eigenvalue weighted by molar-refractivity contribution is 5.87. The molecule has 7 heteroatoms. The van der Waals surface area contributed by atoms with Crippen molar-refractivity contribution in [3.63, 3.8) is 0 Å². The molecule has 23 heavy (non-hydrogen) atoms. The Labute approximate surface area is 134 Å². The van der Waals surface area contributed by atoms with Crippen molar-refractivity contribution in [1.29, 1.82) is 0 Å². The maximum Gasteiger partial charge on any atom is 0.147 e. The van der Waals surface area contributed by atoms with Crippen molar-refractivity contribution in [2.24, 2.45) is 5.92 Å². The highest BCUT2D eigenvalue weighted by Gasteiger charge is 2.23. The number of aromatic nitrogens is 6. The molecule has 1 atom stereocenters. The first kappa shape index (κ1) is 14.2. The number of nitrogens with one attached hydrogen (secondary N) is 1. The second-order valence-corrected chi connectivity index (χ2v) is 6.28. The molecule has 0 saturated carbocycles. The van der Waals surface area contributed by atoms with Crippen LogP contribution in [0.25, 0.3) is 11.0 Å². The molecular weight excluding hydrogens is 290 g/mol. The molecule has 0 radical (unpaired) electrons. The molecule has 7 nitrogen and oxygen atoms in total. The average molecular weight is 311 g/mol. The van der Waals surface area contributed by atoms with Crippen LogP contribution in [0.5, 0.6) is 0 Å². The van der Waals surface area contributed by atoms with Crippen LogP contribution in [0.2, 0.25) is 0 Å². The Morgan fingerprint density at radius 3 is 3.04 bits per heavy atom. The van der Waals surface area contributed by atoms with Gasteiger partial charge in [0.15, 0.2) is 0 Å². The summed E-state index contributed by atoms with van der Waals surface area (Å²) in [4.78, 5) is 18.7. The van der Waals surface area contributed by atoms with Crippen LogP contribution in [-0.2, 0) is 6.54 Å². The fourth-order valence-electron chi connectivity index (χ4n) is 3.50. The summed E-state index contributed by atoms with van der Waals surface area (Å²) >= 11 is 0. The first-order chi connectivity index (χ1) is 11.2. The predicted octanol–water partition coefficient (Wildman–Crippen LogP) is 2.08. The second-order valence-electron chi connectivity index (χ2n) is 6.28. The fraction of sp³-hybridized carbons (Fsp3) is 0.500. The van der Waals surface area contributed by atoms with E-state index in [2.05, 4.69) is 36.0 Å². The Morgan fingerprint density at radius 2 is 2.22 bits per heavy atom. The van der Waals surface area contributed by atoms with Gasteiger partial charge in [0.2, 0.25) is 0 Å². The van der Waals surface area contributed by atoms with Crippen molar-refractivity contribution in [3.05, 3.63) is 30.2 Å². The highest BCUT2D eigenvalue weighted by Crippen LogP contribution is 2.27. The van der Waals surface area contributed by atoms with E-state index in [1.54, 1.807) is 6.33 Å². The van der Waals surface area contributed by atoms with Gasteiger partial charge in [-0.05, 0) is 38.7 Å². The maximum atomic E-state index is 4.53. The first-order valence-corrected chi connectivity index (χ1v) is 8.12. The fourth-order valence-corrected chi connectivity index (χ4v) is 3.50. The largest absolute Gasteiger partial charge is 0.356 e. The van der Waals surface area contributed by atoms with Gasteiger partial charge in [0, 0.05) is 25.8 Å². The molecule has 0 bridgehead atoms. The normalized spacial score (nSPS) is 18.7. The van der Waals surface area contributed by atoms with E-state index in [9.17, 15) is 0 Å². The summed E-state index contributed by atoms with van der Waals surface area (Å²) in [5.74, 6) is 3.44. The van der Waals surface area contributed by atoms with Gasteiger partial charge in [-0.25, -0.2) is 19.6 Å². The molecule has 1 aliphatic rings. The van der Waals surface area contributed by atoms with Crippen LogP contribution in [0.3, 0.4) is 0 Å². The van der Waals surface area contributed by atoms with Gasteiger partial charge in [0.05, 0.1) is 5.39 Å². The summed E-state index contributed by atoms with van der Waals surface area (Å²) in [7, 11) is 0. The minimum atomic E-state index is 0.563. The third-order valence-corrected chi connectivity index (χ3v) is 4.55. The second kappa shape index (κ2) is 5.64. The van der Waals surface area contributed by atoms with Gasteiger partial charge in [-0.3, -0.25) is 0 Å². The van der Waals surface area contributed by atoms with Crippen LogP contribution in [0.4, 0.5) is 5.82 Å². The smallest absolute Gasteiger partial charge is 0.147 e. The van der Waals surface area contributed by atoms with Crippen LogP contribution in [0.15, 0.2) is 18.6 Å². The Kier molecular flexibility index (Phi) is 3.48. The van der Waals surface area contributed by atoms with Crippen LogP contribution in [-0.4, -0.2) is 42.8 Å². The Balaban J connectivity index is 1.55. The molecule has 1 N–H and O–H groups in total. The number of piperidine rings is 1. The van der Waals surface area contributed by atoms with Gasteiger partial charge in [0.25, 0.3) is 0 Å². The lowest BCUT2D eigenvalue weighted by Crippen LogP contribution is -2.38. The van der Waals surface area contributed by atoms with Crippen molar-refractivity contribution in [2.75, 3.05) is 18.0 Å². The third-order valence-electron chi connectivity index (χ3n) is 4.55. The number of nitrogens with zero attached hydrogens (tertiary/aromatic N) is 6. The SMILES string of the molecule is Cc1nc(C)n(C[C@@H]2CCCN(c3ncnc4[nH]ccc34)C2)n1. The lowest BCUT2D eigenvalue weighted by Gasteiger charge is -2.33. The van der Waals surface area contributed by atoms with Gasteiger partial charge in [0.1, 0.15) is 29.4 Å². The molecule has 0 unspecified atom stereocenters. The molecule has 4 rings (SSSR count). The molecule has 120 valence electrons. The number of rotatable bonds is 3. The molecule has 1 saturated heterocycles. The molecule has 1 fully saturated rings. The minimum Gasteiger partial charge on any atom is -0.356 e. The standard InChI is InChI=1S/C16H21N7/c1-11-20-12(2)23(21-11)9-13-4-3-7-22(8-13)16-14-5-6-17-15(14)18-10-19-16/h5-6,10,13H,3-4,7-9H2,1-2H3,(H,17,18,19)/t13-/m1/s1. The number of hydrogen-bond acceptors (Lipinski definition) is 5. The number of anilines is 1. The van der Waals surface area contributed by atoms with E-state index in [1.807, 2.05) is 24.7 Å². The molecule has 3 aromatic rings. The quantitative estimate of drug-likeness (QED) is 0.801. The van der Waals surface area contributed by atoms with E-state index in [1.165, 1.54) is 12.8 Å². The summed E-state index contributed by atoms with van der Waals surface area (Å²) in [6.07, 6.45) is 5.96. The highest BCUT2D eigenvalue weighted by atomic mass is 15.3. The van der Waals surface area contributed by atoms with E-state index >= 15 is 0 Å². The summed E-state index contributed by atoms with van der Waals surface area (Å²) in [5, 5.41) is 5.60. The molecule has 0 amide bonds. The summed E-state index contributed by atoms with van der Waals surface area (Å²) in [5.41, 5.74) is 0.903. The summed E-state index contributed by atoms with van der Waals surface area (Å²) < 4.78 is 2.04. The van der Waals surface area contributed by atoms with Gasteiger partial charge >= 0.3 is 0 Å². The number of fused-ring (bicyclic) bond motifs is 1. The van der Waals surface area contributed by atoms with Gasteiger partial charge in [-0.2, -0.15) is 5.10 Å². The number of aryl methyl sites for hydroxylation is 2. The van der Waals surface area contributed by atoms with Crippen molar-refractivity contribution in [1.82, 2.24) is 29.7 Å². The first-order valence-electron chi connectivity index (χ1n) is 8.12. The molecule has 4 heterocycles. The Hall–Kier alpha value is -2.44. The zero-order valence-corrected chi connectivity index (χ0v) is 13.5. The zero-order valence-electron chi connectivity index (χ0n) is 13.5. The number of hydrogen-bond donors (Lipinski definition) is 1. The van der Waals surface area contributed by atoms with E-state index in [0.29, 0.717) is 5.92 Å². The van der Waals surface area contributed by atoms with E-state index in [-0.39, 0.29) is 0 Å². The molecule has 1 aliphatic heterocycles. The third kappa shape index (κ3) is 2.67. The van der Waals surface area contributed by atoms with E-state index in [0.717, 1.165) is 48.1 Å². The van der Waals surface area contributed by atoms with Crippen molar-refractivity contribution < 1.29 is 0 Å². The topological polar surface area (TPSA) is 75.5 Å². The van der Waals surface area contributed by atoms with Gasteiger partial charge in [-0.15, -0.1) is 0 Å². The average Bonchev–Trinajstić information content (AvgIpc) is 3.14. The van der Waals surface area contributed by atoms with Crippen LogP contribution >= 0.6 is 0 Å². The molecule has 0 spiro atoms. The monoisotopic (exact) mass is 311 g/mol.